The molecule has 8 rings (SSSR count). The van der Waals surface area contributed by atoms with Gasteiger partial charge in [-0.05, 0) is 22.3 Å². The topological polar surface area (TPSA) is 75.1 Å². The van der Waals surface area contributed by atoms with E-state index in [4.69, 9.17) is 20.7 Å². The summed E-state index contributed by atoms with van der Waals surface area (Å²) in [7, 11) is 0. The van der Waals surface area contributed by atoms with Gasteiger partial charge in [-0.25, -0.2) is 9.98 Å². The summed E-state index contributed by atoms with van der Waals surface area (Å²) in [5.74, 6) is 1.53. The Balaban J connectivity index is 1.27. The first-order valence-corrected chi connectivity index (χ1v) is 16.6. The third-order valence-electron chi connectivity index (χ3n) is 9.08. The first-order valence-electron chi connectivity index (χ1n) is 16.6. The first-order chi connectivity index (χ1) is 24.2. The van der Waals surface area contributed by atoms with Gasteiger partial charge in [0, 0.05) is 34.2 Å². The standard InChI is InChI=1S/C44H35N5/c45-40(32-20-10-3-11-21-32)39(31-18-8-2-9-19-31)41-37-28-36(27-26-35(37)29-38(46-41)30-16-6-1-7-17-30)44-48-42(33-22-12-4-13-23-33)47-43(49-44)34-24-14-5-15-25-34/h1-29,35,37,42H,45H2,(H,47,48,49). The Morgan fingerprint density at radius 2 is 1.12 bits per heavy atom. The minimum Gasteiger partial charge on any atom is -0.398 e. The van der Waals surface area contributed by atoms with Crippen LogP contribution in [0.25, 0.3) is 17.0 Å². The molecule has 49 heavy (non-hydrogen) atoms. The van der Waals surface area contributed by atoms with Gasteiger partial charge in [-0.15, -0.1) is 0 Å². The van der Waals surface area contributed by atoms with E-state index in [2.05, 4.69) is 115 Å². The largest absolute Gasteiger partial charge is 0.398 e. The highest BCUT2D eigenvalue weighted by atomic mass is 15.2. The predicted octanol–water partition coefficient (Wildman–Crippen LogP) is 8.89. The van der Waals surface area contributed by atoms with E-state index in [1.165, 1.54) is 0 Å². The maximum Gasteiger partial charge on any atom is 0.169 e. The van der Waals surface area contributed by atoms with Crippen LogP contribution in [0, 0.1) is 11.8 Å². The highest BCUT2D eigenvalue weighted by molar-refractivity contribution is 6.33. The van der Waals surface area contributed by atoms with Gasteiger partial charge in [0.2, 0.25) is 0 Å². The number of fused-ring (bicyclic) bond motifs is 1. The van der Waals surface area contributed by atoms with Crippen LogP contribution in [0.15, 0.2) is 197 Å². The number of hydrogen-bond acceptors (Lipinski definition) is 5. The van der Waals surface area contributed by atoms with Crippen molar-refractivity contribution in [3.05, 3.63) is 209 Å². The Hall–Kier alpha value is -6.33. The van der Waals surface area contributed by atoms with Gasteiger partial charge in [-0.1, -0.05) is 176 Å². The van der Waals surface area contributed by atoms with E-state index < -0.39 is 0 Å². The van der Waals surface area contributed by atoms with Crippen molar-refractivity contribution >= 4 is 34.4 Å². The first kappa shape index (κ1) is 30.0. The molecular formula is C44H35N5. The molecule has 0 fully saturated rings. The van der Waals surface area contributed by atoms with Crippen molar-refractivity contribution in [3.8, 4) is 0 Å². The Morgan fingerprint density at radius 1 is 0.571 bits per heavy atom. The van der Waals surface area contributed by atoms with Crippen molar-refractivity contribution in [2.75, 3.05) is 0 Å². The number of amidine groups is 2. The summed E-state index contributed by atoms with van der Waals surface area (Å²) >= 11 is 0. The molecule has 236 valence electrons. The van der Waals surface area contributed by atoms with Crippen molar-refractivity contribution in [1.29, 1.82) is 0 Å². The molecule has 3 aliphatic rings. The molecule has 0 spiro atoms. The normalized spacial score (nSPS) is 20.3. The summed E-state index contributed by atoms with van der Waals surface area (Å²) in [5.41, 5.74) is 16.7. The number of nitrogens with one attached hydrogen (secondary N) is 1. The Bertz CT molecular complexity index is 2180. The molecule has 2 aliphatic heterocycles. The average molecular weight is 634 g/mol. The highest BCUT2D eigenvalue weighted by Gasteiger charge is 2.34. The third kappa shape index (κ3) is 6.22. The molecule has 0 radical (unpaired) electrons. The molecule has 3 atom stereocenters. The molecule has 2 heterocycles. The molecule has 5 nitrogen and oxygen atoms in total. The molecular weight excluding hydrogens is 599 g/mol. The SMILES string of the molecule is NC(=C(C1=NC(c2ccccc2)=CC2C=CC(C3=NC(c4ccccc4)N=C(c4ccccc4)N3)=CC12)c1ccccc1)c1ccccc1. The predicted molar refractivity (Wildman–Crippen MR) is 203 cm³/mol. The van der Waals surface area contributed by atoms with E-state index in [0.29, 0.717) is 5.70 Å². The van der Waals surface area contributed by atoms with Crippen molar-refractivity contribution in [3.63, 3.8) is 0 Å². The lowest BCUT2D eigenvalue weighted by Gasteiger charge is -2.32. The van der Waals surface area contributed by atoms with E-state index in [-0.39, 0.29) is 18.0 Å². The summed E-state index contributed by atoms with van der Waals surface area (Å²) < 4.78 is 0. The van der Waals surface area contributed by atoms with Crippen molar-refractivity contribution in [2.45, 2.75) is 6.17 Å². The maximum atomic E-state index is 7.14. The number of nitrogens with two attached hydrogens (primary N) is 1. The zero-order valence-electron chi connectivity index (χ0n) is 26.9. The van der Waals surface area contributed by atoms with Gasteiger partial charge in [0.25, 0.3) is 0 Å². The van der Waals surface area contributed by atoms with Crippen LogP contribution in [0.1, 0.15) is 34.0 Å². The number of allylic oxidation sites excluding steroid dienone is 4. The number of aliphatic imine (C=N–C) groups is 3. The van der Waals surface area contributed by atoms with Crippen LogP contribution in [-0.2, 0) is 0 Å². The fourth-order valence-corrected chi connectivity index (χ4v) is 6.61. The van der Waals surface area contributed by atoms with E-state index in [1.807, 2.05) is 66.7 Å². The molecule has 3 N–H and O–H groups in total. The summed E-state index contributed by atoms with van der Waals surface area (Å²) in [6.45, 7) is 0. The minimum atomic E-state index is -0.378. The zero-order chi connectivity index (χ0) is 33.0. The van der Waals surface area contributed by atoms with Gasteiger partial charge in [0.05, 0.1) is 11.4 Å². The second-order valence-electron chi connectivity index (χ2n) is 12.3. The maximum absolute atomic E-state index is 7.14. The molecule has 3 unspecified atom stereocenters. The van der Waals surface area contributed by atoms with Crippen LogP contribution in [0.5, 0.6) is 0 Å². The lowest BCUT2D eigenvalue weighted by molar-refractivity contribution is 0.693. The third-order valence-corrected chi connectivity index (χ3v) is 9.08. The molecule has 5 heteroatoms. The van der Waals surface area contributed by atoms with Crippen LogP contribution in [-0.4, -0.2) is 17.4 Å². The number of rotatable bonds is 7. The summed E-state index contributed by atoms with van der Waals surface area (Å²) in [6, 6.07) is 51.4. The van der Waals surface area contributed by atoms with E-state index in [9.17, 15) is 0 Å². The number of benzene rings is 5. The van der Waals surface area contributed by atoms with E-state index in [1.54, 1.807) is 0 Å². The summed E-state index contributed by atoms with van der Waals surface area (Å²) in [5, 5.41) is 3.58. The van der Waals surface area contributed by atoms with Gasteiger partial charge < -0.3 is 11.1 Å². The van der Waals surface area contributed by atoms with Crippen molar-refractivity contribution in [1.82, 2.24) is 5.32 Å². The molecule has 5 aromatic rings. The highest BCUT2D eigenvalue weighted by Crippen LogP contribution is 2.40. The second-order valence-corrected chi connectivity index (χ2v) is 12.3. The van der Waals surface area contributed by atoms with Gasteiger partial charge in [-0.2, -0.15) is 0 Å². The van der Waals surface area contributed by atoms with Gasteiger partial charge in [0.15, 0.2) is 6.17 Å². The van der Waals surface area contributed by atoms with Crippen LogP contribution in [0.2, 0.25) is 0 Å². The number of hydrogen-bond donors (Lipinski definition) is 2. The molecule has 5 aromatic carbocycles. The molecule has 0 bridgehead atoms. The molecule has 0 saturated heterocycles. The smallest absolute Gasteiger partial charge is 0.169 e. The van der Waals surface area contributed by atoms with Gasteiger partial charge >= 0.3 is 0 Å². The second kappa shape index (κ2) is 13.4. The monoisotopic (exact) mass is 633 g/mol. The van der Waals surface area contributed by atoms with E-state index in [0.717, 1.165) is 62.0 Å². The zero-order valence-corrected chi connectivity index (χ0v) is 26.9. The summed E-state index contributed by atoms with van der Waals surface area (Å²) in [6.07, 6.45) is 8.64. The van der Waals surface area contributed by atoms with Gasteiger partial charge in [0.1, 0.15) is 11.7 Å². The lowest BCUT2D eigenvalue weighted by atomic mass is 9.75. The Morgan fingerprint density at radius 3 is 1.78 bits per heavy atom. The summed E-state index contributed by atoms with van der Waals surface area (Å²) in [4.78, 5) is 15.7. The Labute approximate surface area is 287 Å². The van der Waals surface area contributed by atoms with Gasteiger partial charge in [-0.3, -0.25) is 4.99 Å². The molecule has 1 aliphatic carbocycles. The number of nitrogens with zero attached hydrogens (tertiary/aromatic N) is 3. The van der Waals surface area contributed by atoms with Crippen molar-refractivity contribution in [2.24, 2.45) is 32.5 Å². The fourth-order valence-electron chi connectivity index (χ4n) is 6.61. The van der Waals surface area contributed by atoms with Crippen LogP contribution in [0.4, 0.5) is 0 Å². The van der Waals surface area contributed by atoms with Crippen molar-refractivity contribution < 1.29 is 0 Å². The average Bonchev–Trinajstić information content (AvgIpc) is 3.19. The van der Waals surface area contributed by atoms with E-state index >= 15 is 0 Å². The van der Waals surface area contributed by atoms with Crippen LogP contribution in [0.3, 0.4) is 0 Å². The lowest BCUT2D eigenvalue weighted by Crippen LogP contribution is -2.37. The molecule has 0 aromatic heterocycles. The molecule has 0 amide bonds. The van der Waals surface area contributed by atoms with Crippen LogP contribution < -0.4 is 11.1 Å². The quantitative estimate of drug-likeness (QED) is 0.176. The molecule has 0 saturated carbocycles. The minimum absolute atomic E-state index is 0.0603. The fraction of sp³-hybridized carbons (Fsp3) is 0.0682. The Kier molecular flexibility index (Phi) is 8.22. The van der Waals surface area contributed by atoms with Crippen LogP contribution >= 0.6 is 0 Å².